The molecular weight excluding hydrogens is 238 g/mol. The van der Waals surface area contributed by atoms with Crippen LogP contribution in [0.5, 0.6) is 0 Å². The first-order valence-corrected chi connectivity index (χ1v) is 7.37. The van der Waals surface area contributed by atoms with Crippen molar-refractivity contribution in [2.75, 3.05) is 12.3 Å². The number of benzene rings is 1. The molecule has 2 aliphatic rings. The van der Waals surface area contributed by atoms with Crippen molar-refractivity contribution in [3.63, 3.8) is 0 Å². The van der Waals surface area contributed by atoms with Crippen LogP contribution in [0.25, 0.3) is 0 Å². The quantitative estimate of drug-likeness (QED) is 0.738. The third kappa shape index (κ3) is 1.65. The van der Waals surface area contributed by atoms with Gasteiger partial charge in [0.2, 0.25) is 0 Å². The average molecular weight is 251 g/mol. The lowest BCUT2D eigenvalue weighted by Crippen LogP contribution is -2.44. The van der Waals surface area contributed by atoms with E-state index < -0.39 is 9.84 Å². The lowest BCUT2D eigenvalue weighted by molar-refractivity contribution is 0.0746. The van der Waals surface area contributed by atoms with Crippen LogP contribution in [-0.4, -0.2) is 42.8 Å². The Balaban J connectivity index is 1.84. The van der Waals surface area contributed by atoms with Gasteiger partial charge in [0.15, 0.2) is 9.84 Å². The number of carbonyl (C=O) groups excluding carboxylic acids is 1. The zero-order chi connectivity index (χ0) is 12.0. The van der Waals surface area contributed by atoms with E-state index in [9.17, 15) is 13.2 Å². The molecule has 2 bridgehead atoms. The Labute approximate surface area is 100 Å². The topological polar surface area (TPSA) is 54.5 Å². The van der Waals surface area contributed by atoms with E-state index in [-0.39, 0.29) is 23.0 Å². The molecule has 2 saturated heterocycles. The van der Waals surface area contributed by atoms with Gasteiger partial charge >= 0.3 is 0 Å². The lowest BCUT2D eigenvalue weighted by atomic mass is 10.2. The maximum absolute atomic E-state index is 12.2. The Hall–Kier alpha value is -1.36. The van der Waals surface area contributed by atoms with Crippen molar-refractivity contribution in [1.82, 2.24) is 4.90 Å². The van der Waals surface area contributed by atoms with Gasteiger partial charge in [0.05, 0.1) is 11.0 Å². The van der Waals surface area contributed by atoms with E-state index in [1.54, 1.807) is 17.0 Å². The summed E-state index contributed by atoms with van der Waals surface area (Å²) in [5.41, 5.74) is 0.637. The molecule has 0 N–H and O–H groups in total. The Morgan fingerprint density at radius 3 is 2.47 bits per heavy atom. The van der Waals surface area contributed by atoms with Gasteiger partial charge in [-0.15, -0.1) is 0 Å². The van der Waals surface area contributed by atoms with Crippen LogP contribution in [-0.2, 0) is 9.84 Å². The molecule has 1 aromatic rings. The summed E-state index contributed by atoms with van der Waals surface area (Å²) in [5.74, 6) is 0.0870. The van der Waals surface area contributed by atoms with Crippen LogP contribution in [0.1, 0.15) is 16.8 Å². The van der Waals surface area contributed by atoms with Gasteiger partial charge in [0.1, 0.15) is 0 Å². The highest BCUT2D eigenvalue weighted by molar-refractivity contribution is 7.92. The number of sulfone groups is 1. The second-order valence-electron chi connectivity index (χ2n) is 4.66. The van der Waals surface area contributed by atoms with Gasteiger partial charge in [0.25, 0.3) is 5.91 Å². The number of carbonyl (C=O) groups is 1. The molecule has 2 heterocycles. The first-order valence-electron chi connectivity index (χ1n) is 5.65. The smallest absolute Gasteiger partial charge is 0.254 e. The molecule has 2 atom stereocenters. The number of hydrogen-bond acceptors (Lipinski definition) is 3. The van der Waals surface area contributed by atoms with E-state index in [2.05, 4.69) is 0 Å². The van der Waals surface area contributed by atoms with Crippen molar-refractivity contribution < 1.29 is 13.2 Å². The summed E-state index contributed by atoms with van der Waals surface area (Å²) in [4.78, 5) is 13.9. The average Bonchev–Trinajstić information content (AvgIpc) is 2.84. The summed E-state index contributed by atoms with van der Waals surface area (Å²) in [5, 5.41) is -0.333. The molecule has 1 amide bonds. The highest BCUT2D eigenvalue weighted by atomic mass is 32.2. The number of fused-ring (bicyclic) bond motifs is 2. The van der Waals surface area contributed by atoms with Crippen molar-refractivity contribution in [2.45, 2.75) is 17.7 Å². The molecule has 2 aliphatic heterocycles. The predicted octanol–water partition coefficient (Wildman–Crippen LogP) is 0.698. The Morgan fingerprint density at radius 2 is 1.94 bits per heavy atom. The predicted molar refractivity (Wildman–Crippen MR) is 63.5 cm³/mol. The monoisotopic (exact) mass is 251 g/mol. The number of rotatable bonds is 1. The fourth-order valence-electron chi connectivity index (χ4n) is 2.69. The van der Waals surface area contributed by atoms with Gasteiger partial charge in [0, 0.05) is 18.2 Å². The van der Waals surface area contributed by atoms with E-state index in [1.807, 2.05) is 18.2 Å². The third-order valence-electron chi connectivity index (χ3n) is 3.59. The van der Waals surface area contributed by atoms with Crippen LogP contribution < -0.4 is 0 Å². The normalized spacial score (nSPS) is 29.5. The minimum absolute atomic E-state index is 0.0481. The zero-order valence-corrected chi connectivity index (χ0v) is 10.1. The highest BCUT2D eigenvalue weighted by Gasteiger charge is 2.49. The van der Waals surface area contributed by atoms with Gasteiger partial charge in [-0.05, 0) is 18.6 Å². The van der Waals surface area contributed by atoms with Crippen LogP contribution in [0, 0.1) is 0 Å². The van der Waals surface area contributed by atoms with Crippen molar-refractivity contribution in [3.05, 3.63) is 35.9 Å². The third-order valence-corrected chi connectivity index (χ3v) is 5.80. The number of nitrogens with zero attached hydrogens (tertiary/aromatic N) is 1. The molecule has 0 saturated carbocycles. The van der Waals surface area contributed by atoms with Crippen LogP contribution in [0.15, 0.2) is 30.3 Å². The van der Waals surface area contributed by atoms with E-state index in [0.29, 0.717) is 18.5 Å². The summed E-state index contributed by atoms with van der Waals surface area (Å²) >= 11 is 0. The Morgan fingerprint density at radius 1 is 1.24 bits per heavy atom. The molecule has 3 rings (SSSR count). The minimum Gasteiger partial charge on any atom is -0.333 e. The standard InChI is InChI=1S/C12H13NO3S/c14-12(9-4-2-1-3-5-9)13-7-11-6-10(13)8-17(11,15)16/h1-5,10-11H,6-8H2. The van der Waals surface area contributed by atoms with E-state index >= 15 is 0 Å². The largest absolute Gasteiger partial charge is 0.333 e. The fourth-order valence-corrected chi connectivity index (χ4v) is 4.72. The Kier molecular flexibility index (Phi) is 2.26. The molecular formula is C12H13NO3S. The molecule has 0 aromatic heterocycles. The maximum atomic E-state index is 12.2. The van der Waals surface area contributed by atoms with Crippen LogP contribution >= 0.6 is 0 Å². The van der Waals surface area contributed by atoms with Crippen LogP contribution in [0.3, 0.4) is 0 Å². The van der Waals surface area contributed by atoms with Crippen molar-refractivity contribution in [1.29, 1.82) is 0 Å². The van der Waals surface area contributed by atoms with Gasteiger partial charge < -0.3 is 4.90 Å². The summed E-state index contributed by atoms with van der Waals surface area (Å²) in [6.07, 6.45) is 0.612. The molecule has 0 aliphatic carbocycles. The van der Waals surface area contributed by atoms with Crippen LogP contribution in [0.2, 0.25) is 0 Å². The SMILES string of the molecule is O=C(c1ccccc1)N1CC2CC1CS2(=O)=O. The minimum atomic E-state index is -2.93. The highest BCUT2D eigenvalue weighted by Crippen LogP contribution is 2.33. The maximum Gasteiger partial charge on any atom is 0.254 e. The second-order valence-corrected chi connectivity index (χ2v) is 6.99. The van der Waals surface area contributed by atoms with Gasteiger partial charge in [-0.25, -0.2) is 8.42 Å². The molecule has 0 radical (unpaired) electrons. The summed E-state index contributed by atoms with van der Waals surface area (Å²) in [7, 11) is -2.93. The molecule has 2 unspecified atom stereocenters. The molecule has 1 aromatic carbocycles. The summed E-state index contributed by atoms with van der Waals surface area (Å²) < 4.78 is 23.2. The fraction of sp³-hybridized carbons (Fsp3) is 0.417. The number of amides is 1. The van der Waals surface area contributed by atoms with Gasteiger partial charge in [-0.1, -0.05) is 18.2 Å². The van der Waals surface area contributed by atoms with Gasteiger partial charge in [-0.2, -0.15) is 0 Å². The zero-order valence-electron chi connectivity index (χ0n) is 9.24. The van der Waals surface area contributed by atoms with Crippen LogP contribution in [0.4, 0.5) is 0 Å². The second kappa shape index (κ2) is 3.57. The molecule has 2 fully saturated rings. The van der Waals surface area contributed by atoms with Crippen molar-refractivity contribution in [3.8, 4) is 0 Å². The Bertz CT molecular complexity index is 552. The number of likely N-dealkylation sites (tertiary alicyclic amines) is 1. The molecule has 5 heteroatoms. The number of hydrogen-bond donors (Lipinski definition) is 0. The summed E-state index contributed by atoms with van der Waals surface area (Å²) in [6, 6.07) is 8.91. The van der Waals surface area contributed by atoms with Crippen molar-refractivity contribution >= 4 is 15.7 Å². The lowest BCUT2D eigenvalue weighted by Gasteiger charge is -2.26. The molecule has 0 spiro atoms. The van der Waals surface area contributed by atoms with Crippen molar-refractivity contribution in [2.24, 2.45) is 0 Å². The first kappa shape index (κ1) is 10.8. The summed E-state index contributed by atoms with van der Waals surface area (Å²) in [6.45, 7) is 0.362. The first-order chi connectivity index (χ1) is 8.08. The molecule has 17 heavy (non-hydrogen) atoms. The van der Waals surface area contributed by atoms with E-state index in [1.165, 1.54) is 0 Å². The van der Waals surface area contributed by atoms with E-state index in [0.717, 1.165) is 0 Å². The molecule has 4 nitrogen and oxygen atoms in total. The van der Waals surface area contributed by atoms with E-state index in [4.69, 9.17) is 0 Å². The van der Waals surface area contributed by atoms with Gasteiger partial charge in [-0.3, -0.25) is 4.79 Å². The molecule has 90 valence electrons.